The molecule has 9 nitrogen and oxygen atoms in total. The number of likely N-dealkylation sites (tertiary alicyclic amines) is 1. The minimum Gasteiger partial charge on any atom is -0.378 e. The SMILES string of the molecule is CC(C)NC(=O)C1CCC(N2C(=NC(=O)c3ccc(F)cc3)Cc3ccc(CN4CCC(C(=O)N5CCOCC5)CC4)cc32)CC1. The third-order valence-corrected chi connectivity index (χ3v) is 9.89. The molecular formula is C36H46FN5O4. The van der Waals surface area contributed by atoms with E-state index < -0.39 is 5.82 Å². The summed E-state index contributed by atoms with van der Waals surface area (Å²) in [6.07, 6.45) is 5.50. The van der Waals surface area contributed by atoms with Gasteiger partial charge in [-0.25, -0.2) is 4.39 Å². The lowest BCUT2D eigenvalue weighted by Gasteiger charge is -2.37. The summed E-state index contributed by atoms with van der Waals surface area (Å²) < 4.78 is 18.9. The molecule has 0 spiro atoms. The first-order valence-corrected chi connectivity index (χ1v) is 16.9. The Balaban J connectivity index is 1.16. The molecule has 46 heavy (non-hydrogen) atoms. The lowest BCUT2D eigenvalue weighted by atomic mass is 9.84. The zero-order chi connectivity index (χ0) is 32.2. The molecule has 0 atom stereocenters. The van der Waals surface area contributed by atoms with Crippen LogP contribution in [-0.4, -0.2) is 84.8 Å². The van der Waals surface area contributed by atoms with E-state index >= 15 is 0 Å². The van der Waals surface area contributed by atoms with Crippen molar-refractivity contribution in [2.24, 2.45) is 16.8 Å². The standard InChI is InChI=1S/C36H46FN5O4/c1-24(2)38-34(43)27-7-11-31(12-8-27)42-32-21-25(23-40-15-13-28(14-16-40)36(45)41-17-19-46-20-18-41)3-4-29(32)22-33(42)39-35(44)26-5-9-30(37)10-6-26/h3-6,9-10,21,24,27-28,31H,7-8,11-20,22-23H2,1-2H3,(H,38,43). The Morgan fingerprint density at radius 1 is 0.913 bits per heavy atom. The third-order valence-electron chi connectivity index (χ3n) is 9.89. The van der Waals surface area contributed by atoms with Crippen molar-refractivity contribution in [1.82, 2.24) is 15.1 Å². The molecule has 2 aromatic carbocycles. The molecule has 0 bridgehead atoms. The van der Waals surface area contributed by atoms with E-state index in [4.69, 9.17) is 4.74 Å². The minimum atomic E-state index is -0.391. The monoisotopic (exact) mass is 631 g/mol. The lowest BCUT2D eigenvalue weighted by Crippen LogP contribution is -2.46. The van der Waals surface area contributed by atoms with E-state index in [1.54, 1.807) is 0 Å². The minimum absolute atomic E-state index is 0.00801. The van der Waals surface area contributed by atoms with Crippen LogP contribution in [-0.2, 0) is 27.3 Å². The Kier molecular flexibility index (Phi) is 10.1. The molecule has 3 amide bonds. The van der Waals surface area contributed by atoms with Crippen molar-refractivity contribution in [1.29, 1.82) is 0 Å². The van der Waals surface area contributed by atoms with E-state index in [0.717, 1.165) is 69.4 Å². The summed E-state index contributed by atoms with van der Waals surface area (Å²) >= 11 is 0. The first kappa shape index (κ1) is 32.3. The molecular weight excluding hydrogens is 585 g/mol. The Morgan fingerprint density at radius 3 is 2.28 bits per heavy atom. The van der Waals surface area contributed by atoms with Gasteiger partial charge in [0.1, 0.15) is 11.7 Å². The van der Waals surface area contributed by atoms with E-state index in [0.29, 0.717) is 44.1 Å². The largest absolute Gasteiger partial charge is 0.378 e. The maximum Gasteiger partial charge on any atom is 0.278 e. The van der Waals surface area contributed by atoms with Gasteiger partial charge in [0.05, 0.1) is 13.2 Å². The summed E-state index contributed by atoms with van der Waals surface area (Å²) in [5, 5.41) is 3.06. The van der Waals surface area contributed by atoms with Crippen LogP contribution in [0.1, 0.15) is 73.9 Å². The van der Waals surface area contributed by atoms with Gasteiger partial charge in [-0.05, 0) is 107 Å². The normalized spacial score (nSPS) is 23.5. The number of ether oxygens (including phenoxy) is 1. The summed E-state index contributed by atoms with van der Waals surface area (Å²) in [5.41, 5.74) is 3.76. The highest BCUT2D eigenvalue weighted by atomic mass is 19.1. The molecule has 0 unspecified atom stereocenters. The number of amides is 3. The number of fused-ring (bicyclic) bond motifs is 1. The van der Waals surface area contributed by atoms with Crippen molar-refractivity contribution in [3.8, 4) is 0 Å². The van der Waals surface area contributed by atoms with E-state index in [2.05, 4.69) is 38.3 Å². The number of anilines is 1. The molecule has 1 N–H and O–H groups in total. The van der Waals surface area contributed by atoms with Gasteiger partial charge < -0.3 is 19.9 Å². The van der Waals surface area contributed by atoms with Crippen LogP contribution in [0.2, 0.25) is 0 Å². The summed E-state index contributed by atoms with van der Waals surface area (Å²) in [7, 11) is 0. The van der Waals surface area contributed by atoms with Gasteiger partial charge in [0.25, 0.3) is 5.91 Å². The Bertz CT molecular complexity index is 1440. The average Bonchev–Trinajstić information content (AvgIpc) is 3.42. The van der Waals surface area contributed by atoms with Crippen molar-refractivity contribution in [3.05, 3.63) is 65.0 Å². The number of halogens is 1. The zero-order valence-electron chi connectivity index (χ0n) is 27.1. The molecule has 4 aliphatic rings. The van der Waals surface area contributed by atoms with Gasteiger partial charge in [0.2, 0.25) is 11.8 Å². The number of nitrogens with one attached hydrogen (secondary N) is 1. The second kappa shape index (κ2) is 14.4. The average molecular weight is 632 g/mol. The van der Waals surface area contributed by atoms with Gasteiger partial charge in [0, 0.05) is 61.2 Å². The molecule has 0 aromatic heterocycles. The number of aliphatic imine (C=N–C) groups is 1. The Labute approximate surface area is 271 Å². The van der Waals surface area contributed by atoms with E-state index in [-0.39, 0.29) is 41.6 Å². The predicted octanol–water partition coefficient (Wildman–Crippen LogP) is 4.58. The van der Waals surface area contributed by atoms with E-state index in [1.165, 1.54) is 29.8 Å². The van der Waals surface area contributed by atoms with Gasteiger partial charge in [-0.2, -0.15) is 4.99 Å². The molecule has 3 heterocycles. The van der Waals surface area contributed by atoms with Crippen LogP contribution in [0.5, 0.6) is 0 Å². The van der Waals surface area contributed by atoms with Gasteiger partial charge in [-0.1, -0.05) is 12.1 Å². The quantitative estimate of drug-likeness (QED) is 0.481. The van der Waals surface area contributed by atoms with Crippen molar-refractivity contribution >= 4 is 29.2 Å². The highest BCUT2D eigenvalue weighted by molar-refractivity contribution is 6.12. The molecule has 2 aromatic rings. The molecule has 2 saturated heterocycles. The lowest BCUT2D eigenvalue weighted by molar-refractivity contribution is -0.141. The number of morpholine rings is 1. The highest BCUT2D eigenvalue weighted by Gasteiger charge is 2.37. The first-order chi connectivity index (χ1) is 22.2. The number of nitrogens with zero attached hydrogens (tertiary/aromatic N) is 4. The fraction of sp³-hybridized carbons (Fsp3) is 0.556. The van der Waals surface area contributed by atoms with Crippen LogP contribution in [0.15, 0.2) is 47.5 Å². The van der Waals surface area contributed by atoms with Gasteiger partial charge >= 0.3 is 0 Å². The molecule has 10 heteroatoms. The molecule has 246 valence electrons. The zero-order valence-corrected chi connectivity index (χ0v) is 27.1. The van der Waals surface area contributed by atoms with Crippen molar-refractivity contribution in [2.45, 2.75) is 77.4 Å². The Morgan fingerprint density at radius 2 is 1.61 bits per heavy atom. The maximum absolute atomic E-state index is 13.5. The van der Waals surface area contributed by atoms with Crippen molar-refractivity contribution in [3.63, 3.8) is 0 Å². The fourth-order valence-electron chi connectivity index (χ4n) is 7.39. The maximum atomic E-state index is 13.5. The summed E-state index contributed by atoms with van der Waals surface area (Å²) in [5.74, 6) is 0.401. The van der Waals surface area contributed by atoms with E-state index in [1.807, 2.05) is 18.7 Å². The number of amidine groups is 1. The molecule has 3 aliphatic heterocycles. The van der Waals surface area contributed by atoms with Crippen molar-refractivity contribution in [2.75, 3.05) is 44.3 Å². The summed E-state index contributed by atoms with van der Waals surface area (Å²) in [6.45, 7) is 9.15. The number of rotatable bonds is 7. The first-order valence-electron chi connectivity index (χ1n) is 16.9. The predicted molar refractivity (Wildman–Crippen MR) is 175 cm³/mol. The second-order valence-corrected chi connectivity index (χ2v) is 13.5. The molecule has 0 radical (unpaired) electrons. The number of hydrogen-bond acceptors (Lipinski definition) is 5. The molecule has 3 fully saturated rings. The third kappa shape index (κ3) is 7.50. The van der Waals surface area contributed by atoms with Crippen molar-refractivity contribution < 1.29 is 23.5 Å². The van der Waals surface area contributed by atoms with Gasteiger partial charge in [-0.15, -0.1) is 0 Å². The number of piperidine rings is 1. The molecule has 1 aliphatic carbocycles. The van der Waals surface area contributed by atoms with Crippen LogP contribution in [0.25, 0.3) is 0 Å². The summed E-state index contributed by atoms with van der Waals surface area (Å²) in [4.78, 5) is 50.2. The highest BCUT2D eigenvalue weighted by Crippen LogP contribution is 2.38. The molecule has 1 saturated carbocycles. The van der Waals surface area contributed by atoms with Crippen LogP contribution in [0.4, 0.5) is 10.1 Å². The smallest absolute Gasteiger partial charge is 0.278 e. The number of benzene rings is 2. The second-order valence-electron chi connectivity index (χ2n) is 13.5. The summed E-state index contributed by atoms with van der Waals surface area (Å²) in [6, 6.07) is 12.3. The topological polar surface area (TPSA) is 94.6 Å². The number of carbonyl (C=O) groups excluding carboxylic acids is 3. The Hall–Kier alpha value is -3.63. The van der Waals surface area contributed by atoms with Gasteiger partial charge in [-0.3, -0.25) is 19.3 Å². The fourth-order valence-corrected chi connectivity index (χ4v) is 7.39. The number of carbonyl (C=O) groups is 3. The van der Waals surface area contributed by atoms with E-state index in [9.17, 15) is 18.8 Å². The molecule has 6 rings (SSSR count). The van der Waals surface area contributed by atoms with Crippen LogP contribution >= 0.6 is 0 Å². The van der Waals surface area contributed by atoms with Crippen LogP contribution < -0.4 is 10.2 Å². The van der Waals surface area contributed by atoms with Crippen LogP contribution in [0, 0.1) is 17.7 Å². The van der Waals surface area contributed by atoms with Gasteiger partial charge in [0.15, 0.2) is 0 Å². The number of hydrogen-bond donors (Lipinski definition) is 1. The van der Waals surface area contributed by atoms with Crippen LogP contribution in [0.3, 0.4) is 0 Å².